The topological polar surface area (TPSA) is 74.7 Å². The van der Waals surface area contributed by atoms with E-state index in [0.717, 1.165) is 42.5 Å². The highest BCUT2D eigenvalue weighted by atomic mass is 16.2. The fourth-order valence-corrected chi connectivity index (χ4v) is 3.21. The van der Waals surface area contributed by atoms with Crippen molar-refractivity contribution in [1.29, 1.82) is 0 Å². The lowest BCUT2D eigenvalue weighted by Crippen LogP contribution is -2.49. The first-order valence-electron chi connectivity index (χ1n) is 7.87. The van der Waals surface area contributed by atoms with Crippen LogP contribution in [-0.2, 0) is 9.59 Å². The zero-order valence-corrected chi connectivity index (χ0v) is 13.1. The van der Waals surface area contributed by atoms with E-state index in [1.54, 1.807) is 18.1 Å². The molecule has 0 spiro atoms. The fraction of sp³-hybridized carbons (Fsp3) is 0.412. The standard InChI is InChI=1S/C17H20N4O2/c1-18-16-17(23)21(10-11-22)14-8-3-2-6-12(14)15(20-16)13-7-4-5-9-19-13/h4-7,9,11,14,16,18H,2-3,8,10H2,1H3/t14?,16-/m1/s1. The van der Waals surface area contributed by atoms with Gasteiger partial charge in [0.05, 0.1) is 24.0 Å². The average Bonchev–Trinajstić information content (AvgIpc) is 2.72. The Bertz CT molecular complexity index is 654. The zero-order valence-electron chi connectivity index (χ0n) is 13.1. The van der Waals surface area contributed by atoms with Crippen molar-refractivity contribution in [3.05, 3.63) is 41.7 Å². The summed E-state index contributed by atoms with van der Waals surface area (Å²) in [5.41, 5.74) is 2.51. The number of allylic oxidation sites excluding steroid dienone is 1. The number of pyridine rings is 1. The molecular weight excluding hydrogens is 292 g/mol. The third kappa shape index (κ3) is 2.94. The Kier molecular flexibility index (Phi) is 4.62. The number of fused-ring (bicyclic) bond motifs is 1. The van der Waals surface area contributed by atoms with Crippen molar-refractivity contribution in [1.82, 2.24) is 15.2 Å². The van der Waals surface area contributed by atoms with Gasteiger partial charge in [0.25, 0.3) is 5.91 Å². The molecule has 1 aromatic heterocycles. The van der Waals surface area contributed by atoms with Gasteiger partial charge in [0.15, 0.2) is 6.17 Å². The van der Waals surface area contributed by atoms with Crippen LogP contribution in [0, 0.1) is 0 Å². The van der Waals surface area contributed by atoms with Gasteiger partial charge in [-0.25, -0.2) is 0 Å². The molecule has 120 valence electrons. The fourth-order valence-electron chi connectivity index (χ4n) is 3.21. The van der Waals surface area contributed by atoms with Crippen molar-refractivity contribution in [2.24, 2.45) is 4.99 Å². The normalized spacial score (nSPS) is 24.4. The lowest BCUT2D eigenvalue weighted by molar-refractivity contribution is -0.136. The van der Waals surface area contributed by atoms with E-state index in [-0.39, 0.29) is 18.5 Å². The number of nitrogens with one attached hydrogen (secondary N) is 1. The Morgan fingerprint density at radius 1 is 1.43 bits per heavy atom. The molecule has 6 nitrogen and oxygen atoms in total. The molecule has 0 aromatic carbocycles. The van der Waals surface area contributed by atoms with E-state index in [1.807, 2.05) is 18.2 Å². The highest BCUT2D eigenvalue weighted by Gasteiger charge is 2.37. The summed E-state index contributed by atoms with van der Waals surface area (Å²) in [5, 5.41) is 2.94. The van der Waals surface area contributed by atoms with E-state index in [1.165, 1.54) is 0 Å². The van der Waals surface area contributed by atoms with Crippen molar-refractivity contribution in [3.8, 4) is 0 Å². The van der Waals surface area contributed by atoms with Crippen molar-refractivity contribution >= 4 is 17.9 Å². The van der Waals surface area contributed by atoms with Crippen molar-refractivity contribution in [3.63, 3.8) is 0 Å². The summed E-state index contributed by atoms with van der Waals surface area (Å²) in [6.07, 6.45) is 6.72. The number of hydrogen-bond acceptors (Lipinski definition) is 5. The summed E-state index contributed by atoms with van der Waals surface area (Å²) in [6.45, 7) is 0.0873. The molecule has 1 unspecified atom stereocenters. The van der Waals surface area contributed by atoms with Crippen molar-refractivity contribution in [2.75, 3.05) is 13.6 Å². The van der Waals surface area contributed by atoms with E-state index >= 15 is 0 Å². The lowest BCUT2D eigenvalue weighted by Gasteiger charge is -2.33. The van der Waals surface area contributed by atoms with Crippen LogP contribution in [0.15, 0.2) is 41.0 Å². The summed E-state index contributed by atoms with van der Waals surface area (Å²) in [5.74, 6) is -0.164. The van der Waals surface area contributed by atoms with Crippen LogP contribution in [0.3, 0.4) is 0 Å². The molecule has 1 N–H and O–H groups in total. The van der Waals surface area contributed by atoms with Crippen LogP contribution in [0.25, 0.3) is 0 Å². The average molecular weight is 312 g/mol. The van der Waals surface area contributed by atoms with E-state index in [0.29, 0.717) is 0 Å². The second-order valence-electron chi connectivity index (χ2n) is 5.65. The van der Waals surface area contributed by atoms with E-state index in [4.69, 9.17) is 0 Å². The maximum atomic E-state index is 12.7. The van der Waals surface area contributed by atoms with Crippen LogP contribution in [0.5, 0.6) is 0 Å². The number of carbonyl (C=O) groups is 2. The molecule has 0 saturated heterocycles. The van der Waals surface area contributed by atoms with Gasteiger partial charge < -0.3 is 9.69 Å². The monoisotopic (exact) mass is 312 g/mol. The Morgan fingerprint density at radius 3 is 3.00 bits per heavy atom. The molecule has 1 aromatic rings. The SMILES string of the molecule is CN[C@@H]1N=C(c2ccccn2)C2=CCCCC2N(CC=O)C1=O. The van der Waals surface area contributed by atoms with Crippen LogP contribution in [0.4, 0.5) is 0 Å². The number of amides is 1. The molecule has 1 aliphatic carbocycles. The second kappa shape index (κ2) is 6.83. The van der Waals surface area contributed by atoms with Gasteiger partial charge in [-0.05, 0) is 44.0 Å². The van der Waals surface area contributed by atoms with Gasteiger partial charge in [-0.1, -0.05) is 12.1 Å². The van der Waals surface area contributed by atoms with E-state index in [9.17, 15) is 9.59 Å². The molecule has 2 heterocycles. The molecule has 6 heteroatoms. The van der Waals surface area contributed by atoms with Gasteiger partial charge in [0, 0.05) is 6.20 Å². The Hall–Kier alpha value is -2.34. The molecule has 1 aliphatic heterocycles. The van der Waals surface area contributed by atoms with Gasteiger partial charge in [-0.2, -0.15) is 0 Å². The van der Waals surface area contributed by atoms with Gasteiger partial charge in [0.1, 0.15) is 6.29 Å². The van der Waals surface area contributed by atoms with Gasteiger partial charge in [-0.3, -0.25) is 20.1 Å². The van der Waals surface area contributed by atoms with Crippen LogP contribution in [-0.4, -0.2) is 53.6 Å². The van der Waals surface area contributed by atoms with Gasteiger partial charge >= 0.3 is 0 Å². The first-order chi connectivity index (χ1) is 11.3. The zero-order chi connectivity index (χ0) is 16.2. The maximum absolute atomic E-state index is 12.7. The lowest BCUT2D eigenvalue weighted by atomic mass is 9.88. The minimum Gasteiger partial charge on any atom is -0.326 e. The number of rotatable bonds is 4. The summed E-state index contributed by atoms with van der Waals surface area (Å²) >= 11 is 0. The van der Waals surface area contributed by atoms with Crippen molar-refractivity contribution < 1.29 is 9.59 Å². The number of likely N-dealkylation sites (N-methyl/N-ethyl adjacent to an activating group) is 1. The predicted molar refractivity (Wildman–Crippen MR) is 87.1 cm³/mol. The Balaban J connectivity index is 2.12. The number of aromatic nitrogens is 1. The quantitative estimate of drug-likeness (QED) is 0.840. The Morgan fingerprint density at radius 2 is 2.30 bits per heavy atom. The smallest absolute Gasteiger partial charge is 0.263 e. The molecule has 0 bridgehead atoms. The first-order valence-corrected chi connectivity index (χ1v) is 7.87. The predicted octanol–water partition coefficient (Wildman–Crippen LogP) is 0.936. The number of carbonyl (C=O) groups excluding carboxylic acids is 2. The van der Waals surface area contributed by atoms with Crippen molar-refractivity contribution in [2.45, 2.75) is 31.5 Å². The molecule has 0 radical (unpaired) electrons. The van der Waals surface area contributed by atoms with E-state index < -0.39 is 6.17 Å². The summed E-state index contributed by atoms with van der Waals surface area (Å²) in [4.78, 5) is 34.5. The molecule has 0 fully saturated rings. The summed E-state index contributed by atoms with van der Waals surface area (Å²) in [6, 6.07) is 5.55. The molecule has 2 aliphatic rings. The molecular formula is C17H20N4O2. The van der Waals surface area contributed by atoms with Crippen LogP contribution in [0.1, 0.15) is 25.0 Å². The van der Waals surface area contributed by atoms with Crippen LogP contribution >= 0.6 is 0 Å². The number of aliphatic imine (C=N–C) groups is 1. The third-order valence-corrected chi connectivity index (χ3v) is 4.28. The number of nitrogens with zero attached hydrogens (tertiary/aromatic N) is 3. The molecule has 23 heavy (non-hydrogen) atoms. The summed E-state index contributed by atoms with van der Waals surface area (Å²) < 4.78 is 0. The molecule has 1 amide bonds. The molecule has 3 rings (SSSR count). The highest BCUT2D eigenvalue weighted by molar-refractivity contribution is 6.14. The maximum Gasteiger partial charge on any atom is 0.263 e. The third-order valence-electron chi connectivity index (χ3n) is 4.28. The first kappa shape index (κ1) is 15.6. The minimum absolute atomic E-state index is 0.0873. The van der Waals surface area contributed by atoms with Gasteiger partial charge in [0.2, 0.25) is 0 Å². The molecule has 0 saturated carbocycles. The van der Waals surface area contributed by atoms with Crippen LogP contribution < -0.4 is 5.32 Å². The Labute approximate surface area is 135 Å². The number of hydrogen-bond donors (Lipinski definition) is 1. The van der Waals surface area contributed by atoms with Crippen LogP contribution in [0.2, 0.25) is 0 Å². The summed E-state index contributed by atoms with van der Waals surface area (Å²) in [7, 11) is 1.70. The second-order valence-corrected chi connectivity index (χ2v) is 5.65. The van der Waals surface area contributed by atoms with Gasteiger partial charge in [-0.15, -0.1) is 0 Å². The largest absolute Gasteiger partial charge is 0.326 e. The number of aldehydes is 1. The minimum atomic E-state index is -0.696. The molecule has 2 atom stereocenters. The van der Waals surface area contributed by atoms with E-state index in [2.05, 4.69) is 21.4 Å². The highest BCUT2D eigenvalue weighted by Crippen LogP contribution is 2.29.